The van der Waals surface area contributed by atoms with Gasteiger partial charge in [0.05, 0.1) is 18.6 Å². The first kappa shape index (κ1) is 14.6. The average Bonchev–Trinajstić information content (AvgIpc) is 2.92. The normalized spacial score (nSPS) is 10.8. The van der Waals surface area contributed by atoms with Gasteiger partial charge in [0.2, 0.25) is 0 Å². The van der Waals surface area contributed by atoms with Gasteiger partial charge in [-0.25, -0.2) is 4.98 Å². The second kappa shape index (κ2) is 7.13. The molecule has 0 bridgehead atoms. The van der Waals surface area contributed by atoms with Gasteiger partial charge in [-0.05, 0) is 30.4 Å². The summed E-state index contributed by atoms with van der Waals surface area (Å²) in [5.41, 5.74) is 5.35. The molecule has 20 heavy (non-hydrogen) atoms. The van der Waals surface area contributed by atoms with Crippen molar-refractivity contribution in [3.63, 3.8) is 0 Å². The lowest BCUT2D eigenvalue weighted by molar-refractivity contribution is 0.651. The summed E-state index contributed by atoms with van der Waals surface area (Å²) in [6.07, 6.45) is 7.14. The fraction of sp³-hybridized carbons (Fsp3) is 0.471. The molecule has 0 spiro atoms. The van der Waals surface area contributed by atoms with Crippen LogP contribution in [0.2, 0.25) is 0 Å². The van der Waals surface area contributed by atoms with Gasteiger partial charge in [-0.2, -0.15) is 0 Å². The van der Waals surface area contributed by atoms with Crippen LogP contribution in [0.5, 0.6) is 0 Å². The third kappa shape index (κ3) is 3.21. The highest BCUT2D eigenvalue weighted by Crippen LogP contribution is 2.23. The van der Waals surface area contributed by atoms with Gasteiger partial charge < -0.3 is 9.88 Å². The molecule has 3 heteroatoms. The van der Waals surface area contributed by atoms with Crippen LogP contribution in [0.4, 0.5) is 5.69 Å². The molecule has 0 aliphatic rings. The minimum atomic E-state index is 0.837. The number of aromatic nitrogens is 2. The first-order valence-corrected chi connectivity index (χ1v) is 7.63. The number of aryl methyl sites for hydroxylation is 3. The van der Waals surface area contributed by atoms with Gasteiger partial charge in [-0.3, -0.25) is 0 Å². The zero-order valence-electron chi connectivity index (χ0n) is 12.8. The number of hydrogen-bond donors (Lipinski definition) is 1. The number of rotatable bonds is 7. The van der Waals surface area contributed by atoms with E-state index in [1.165, 1.54) is 22.5 Å². The van der Waals surface area contributed by atoms with Gasteiger partial charge >= 0.3 is 0 Å². The summed E-state index contributed by atoms with van der Waals surface area (Å²) in [5.74, 6) is 0. The van der Waals surface area contributed by atoms with E-state index in [2.05, 4.69) is 53.8 Å². The predicted molar refractivity (Wildman–Crippen MR) is 85.0 cm³/mol. The topological polar surface area (TPSA) is 29.9 Å². The quantitative estimate of drug-likeness (QED) is 0.824. The molecule has 0 unspecified atom stereocenters. The third-order valence-electron chi connectivity index (χ3n) is 3.71. The van der Waals surface area contributed by atoms with Crippen LogP contribution in [-0.4, -0.2) is 9.55 Å². The van der Waals surface area contributed by atoms with E-state index in [9.17, 15) is 0 Å². The van der Waals surface area contributed by atoms with Crippen molar-refractivity contribution in [2.24, 2.45) is 0 Å². The Morgan fingerprint density at radius 3 is 2.40 bits per heavy atom. The minimum Gasteiger partial charge on any atom is -0.379 e. The molecule has 0 aliphatic heterocycles. The van der Waals surface area contributed by atoms with Crippen LogP contribution in [0.3, 0.4) is 0 Å². The van der Waals surface area contributed by atoms with E-state index in [-0.39, 0.29) is 0 Å². The maximum Gasteiger partial charge on any atom is 0.0948 e. The number of nitrogens with zero attached hydrogens (tertiary/aromatic N) is 2. The Balaban J connectivity index is 2.16. The van der Waals surface area contributed by atoms with Gasteiger partial charge in [-0.1, -0.05) is 39.0 Å². The van der Waals surface area contributed by atoms with Crippen molar-refractivity contribution in [2.75, 3.05) is 5.32 Å². The van der Waals surface area contributed by atoms with E-state index < -0.39 is 0 Å². The molecular formula is C17H25N3. The number of nitrogens with one attached hydrogen (secondary N) is 1. The maximum atomic E-state index is 4.26. The number of para-hydroxylation sites is 1. The van der Waals surface area contributed by atoms with E-state index in [0.29, 0.717) is 0 Å². The molecule has 0 atom stereocenters. The molecule has 0 amide bonds. The lowest BCUT2D eigenvalue weighted by Crippen LogP contribution is -2.09. The predicted octanol–water partition coefficient (Wildman–Crippen LogP) is 4.03. The summed E-state index contributed by atoms with van der Waals surface area (Å²) >= 11 is 0. The molecular weight excluding hydrogens is 246 g/mol. The SMILES string of the molecule is CCCn1cncc1CNc1c(CC)cccc1CC. The Hall–Kier alpha value is -1.77. The second-order valence-corrected chi connectivity index (χ2v) is 5.09. The Labute approximate surface area is 122 Å². The molecule has 3 nitrogen and oxygen atoms in total. The van der Waals surface area contributed by atoms with Gasteiger partial charge in [0, 0.05) is 18.4 Å². The van der Waals surface area contributed by atoms with Crippen LogP contribution in [0.25, 0.3) is 0 Å². The Morgan fingerprint density at radius 1 is 1.10 bits per heavy atom. The van der Waals surface area contributed by atoms with Crippen molar-refractivity contribution in [3.8, 4) is 0 Å². The van der Waals surface area contributed by atoms with Crippen molar-refractivity contribution < 1.29 is 0 Å². The molecule has 1 aromatic carbocycles. The summed E-state index contributed by atoms with van der Waals surface area (Å²) in [6, 6.07) is 6.58. The summed E-state index contributed by atoms with van der Waals surface area (Å²) < 4.78 is 2.23. The highest BCUT2D eigenvalue weighted by Gasteiger charge is 2.07. The average molecular weight is 271 g/mol. The van der Waals surface area contributed by atoms with Gasteiger partial charge in [0.1, 0.15) is 0 Å². The standard InChI is InChI=1S/C17H25N3/c1-4-10-20-13-18-11-16(20)12-19-17-14(5-2)8-7-9-15(17)6-3/h7-9,11,13,19H,4-6,10,12H2,1-3H3. The molecule has 2 aromatic rings. The summed E-state index contributed by atoms with van der Waals surface area (Å²) in [6.45, 7) is 8.48. The van der Waals surface area contributed by atoms with E-state index in [0.717, 1.165) is 32.4 Å². The van der Waals surface area contributed by atoms with Gasteiger partial charge in [0.25, 0.3) is 0 Å². The van der Waals surface area contributed by atoms with Crippen molar-refractivity contribution in [1.82, 2.24) is 9.55 Å². The van der Waals surface area contributed by atoms with Gasteiger partial charge in [-0.15, -0.1) is 0 Å². The van der Waals surface area contributed by atoms with E-state index in [4.69, 9.17) is 0 Å². The number of hydrogen-bond acceptors (Lipinski definition) is 2. The van der Waals surface area contributed by atoms with E-state index >= 15 is 0 Å². The Bertz CT molecular complexity index is 521. The van der Waals surface area contributed by atoms with Crippen LogP contribution >= 0.6 is 0 Å². The first-order valence-electron chi connectivity index (χ1n) is 7.63. The number of benzene rings is 1. The van der Waals surface area contributed by atoms with Crippen molar-refractivity contribution in [1.29, 1.82) is 0 Å². The molecule has 0 aliphatic carbocycles. The summed E-state index contributed by atoms with van der Waals surface area (Å²) in [4.78, 5) is 4.26. The smallest absolute Gasteiger partial charge is 0.0948 e. The summed E-state index contributed by atoms with van der Waals surface area (Å²) in [5, 5.41) is 3.62. The molecule has 2 rings (SSSR count). The minimum absolute atomic E-state index is 0.837. The molecule has 0 radical (unpaired) electrons. The van der Waals surface area contributed by atoms with E-state index in [1.807, 2.05) is 12.5 Å². The van der Waals surface area contributed by atoms with Crippen LogP contribution < -0.4 is 5.32 Å². The highest BCUT2D eigenvalue weighted by atomic mass is 15.1. The second-order valence-electron chi connectivity index (χ2n) is 5.09. The fourth-order valence-corrected chi connectivity index (χ4v) is 2.59. The first-order chi connectivity index (χ1) is 9.80. The summed E-state index contributed by atoms with van der Waals surface area (Å²) in [7, 11) is 0. The molecule has 1 aromatic heterocycles. The lowest BCUT2D eigenvalue weighted by Gasteiger charge is -2.16. The number of anilines is 1. The largest absolute Gasteiger partial charge is 0.379 e. The van der Waals surface area contributed by atoms with Crippen LogP contribution in [0.15, 0.2) is 30.7 Å². The van der Waals surface area contributed by atoms with Crippen molar-refractivity contribution in [2.45, 2.75) is 53.1 Å². The number of imidazole rings is 1. The molecule has 108 valence electrons. The highest BCUT2D eigenvalue weighted by molar-refractivity contribution is 5.58. The molecule has 0 saturated carbocycles. The third-order valence-corrected chi connectivity index (χ3v) is 3.71. The van der Waals surface area contributed by atoms with Crippen molar-refractivity contribution in [3.05, 3.63) is 47.5 Å². The zero-order valence-corrected chi connectivity index (χ0v) is 12.8. The lowest BCUT2D eigenvalue weighted by atomic mass is 10.0. The van der Waals surface area contributed by atoms with E-state index in [1.54, 1.807) is 0 Å². The fourth-order valence-electron chi connectivity index (χ4n) is 2.59. The molecule has 0 saturated heterocycles. The monoisotopic (exact) mass is 271 g/mol. The molecule has 1 N–H and O–H groups in total. The van der Waals surface area contributed by atoms with Crippen LogP contribution in [0.1, 0.15) is 44.0 Å². The maximum absolute atomic E-state index is 4.26. The van der Waals surface area contributed by atoms with Crippen molar-refractivity contribution >= 4 is 5.69 Å². The van der Waals surface area contributed by atoms with Crippen LogP contribution in [0, 0.1) is 0 Å². The molecule has 1 heterocycles. The Kier molecular flexibility index (Phi) is 5.22. The van der Waals surface area contributed by atoms with Crippen LogP contribution in [-0.2, 0) is 25.9 Å². The van der Waals surface area contributed by atoms with Gasteiger partial charge in [0.15, 0.2) is 0 Å². The molecule has 0 fully saturated rings. The Morgan fingerprint density at radius 2 is 1.80 bits per heavy atom. The zero-order chi connectivity index (χ0) is 14.4.